The number of hydrogen-bond donors (Lipinski definition) is 1. The number of phenols is 1. The van der Waals surface area contributed by atoms with Gasteiger partial charge in [-0.1, -0.05) is 35.8 Å². The van der Waals surface area contributed by atoms with Gasteiger partial charge in [-0.25, -0.2) is 4.98 Å². The number of halogens is 1. The van der Waals surface area contributed by atoms with Crippen LogP contribution in [0.1, 0.15) is 44.2 Å². The Morgan fingerprint density at radius 3 is 2.62 bits per heavy atom. The molecule has 3 aromatic carbocycles. The highest BCUT2D eigenvalue weighted by Crippen LogP contribution is 2.33. The molecule has 1 atom stereocenters. The zero-order valence-corrected chi connectivity index (χ0v) is 19.9. The topological polar surface area (TPSA) is 67.9 Å². The summed E-state index contributed by atoms with van der Waals surface area (Å²) in [6.07, 6.45) is 2.70. The van der Waals surface area contributed by atoms with Crippen LogP contribution in [0.15, 0.2) is 68.5 Å². The zero-order chi connectivity index (χ0) is 22.7. The van der Waals surface area contributed by atoms with Crippen LogP contribution in [0.3, 0.4) is 0 Å². The van der Waals surface area contributed by atoms with Gasteiger partial charge in [0.1, 0.15) is 5.52 Å². The zero-order valence-electron chi connectivity index (χ0n) is 18.3. The molecule has 4 aromatic rings. The van der Waals surface area contributed by atoms with Crippen molar-refractivity contribution >= 4 is 38.9 Å². The predicted octanol–water partition coefficient (Wildman–Crippen LogP) is 7.63. The molecule has 0 fully saturated rings. The third-order valence-electron chi connectivity index (χ3n) is 5.43. The highest BCUT2D eigenvalue weighted by molar-refractivity contribution is 9.10. The maximum Gasteiger partial charge on any atom is 0.227 e. The Morgan fingerprint density at radius 1 is 1.12 bits per heavy atom. The minimum atomic E-state index is 0.0682. The van der Waals surface area contributed by atoms with E-state index in [1.165, 1.54) is 5.56 Å². The smallest absolute Gasteiger partial charge is 0.227 e. The summed E-state index contributed by atoms with van der Waals surface area (Å²) in [6.45, 7) is 6.74. The Labute approximate surface area is 195 Å². The lowest BCUT2D eigenvalue weighted by Gasteiger charge is -2.08. The molecule has 0 amide bonds. The fourth-order valence-corrected chi connectivity index (χ4v) is 3.86. The van der Waals surface area contributed by atoms with Crippen molar-refractivity contribution in [3.8, 4) is 23.0 Å². The Hall–Kier alpha value is -3.12. The molecule has 164 valence electrons. The van der Waals surface area contributed by atoms with Crippen molar-refractivity contribution in [3.05, 3.63) is 70.2 Å². The van der Waals surface area contributed by atoms with Crippen LogP contribution in [-0.2, 0) is 0 Å². The van der Waals surface area contributed by atoms with Gasteiger partial charge >= 0.3 is 0 Å². The van der Waals surface area contributed by atoms with Crippen LogP contribution in [0.25, 0.3) is 22.6 Å². The molecule has 4 rings (SSSR count). The van der Waals surface area contributed by atoms with Gasteiger partial charge in [0.15, 0.2) is 17.1 Å². The molecule has 1 unspecified atom stereocenters. The van der Waals surface area contributed by atoms with E-state index in [9.17, 15) is 5.11 Å². The van der Waals surface area contributed by atoms with E-state index >= 15 is 0 Å². The normalized spacial score (nSPS) is 12.5. The standard InChI is InChI=1S/C26H25BrN2O3/c1-4-16(3)18-8-11-23-22(13-18)29-26(32-23)17-6-9-21(10-7-17)28-15-19-12-20(27)14-24(25(19)30)31-5-2/h6-16,30H,4-5H2,1-3H3. The first-order valence-corrected chi connectivity index (χ1v) is 11.5. The molecular weight excluding hydrogens is 468 g/mol. The van der Waals surface area contributed by atoms with E-state index in [4.69, 9.17) is 9.15 Å². The number of aromatic hydroxyl groups is 1. The second-order valence-electron chi connectivity index (χ2n) is 7.64. The summed E-state index contributed by atoms with van der Waals surface area (Å²) < 4.78 is 12.2. The van der Waals surface area contributed by atoms with Crippen LogP contribution in [0.4, 0.5) is 5.69 Å². The highest BCUT2D eigenvalue weighted by atomic mass is 79.9. The monoisotopic (exact) mass is 492 g/mol. The van der Waals surface area contributed by atoms with Crippen LogP contribution in [-0.4, -0.2) is 22.9 Å². The number of ether oxygens (including phenoxy) is 1. The van der Waals surface area contributed by atoms with Gasteiger partial charge in [0.2, 0.25) is 5.89 Å². The number of phenolic OH excluding ortho intramolecular Hbond substituents is 1. The van der Waals surface area contributed by atoms with Crippen molar-refractivity contribution in [3.63, 3.8) is 0 Å². The molecule has 0 bridgehead atoms. The van der Waals surface area contributed by atoms with Gasteiger partial charge in [0.25, 0.3) is 0 Å². The quantitative estimate of drug-likeness (QED) is 0.269. The molecular formula is C26H25BrN2O3. The summed E-state index contributed by atoms with van der Waals surface area (Å²) in [4.78, 5) is 9.16. The van der Waals surface area contributed by atoms with E-state index in [-0.39, 0.29) is 5.75 Å². The number of aromatic nitrogens is 1. The second kappa shape index (κ2) is 9.57. The van der Waals surface area contributed by atoms with E-state index < -0.39 is 0 Å². The fraction of sp³-hybridized carbons (Fsp3) is 0.231. The number of rotatable bonds is 7. The first-order chi connectivity index (χ1) is 15.5. The summed E-state index contributed by atoms with van der Waals surface area (Å²) in [5.41, 5.74) is 5.13. The Kier molecular flexibility index (Phi) is 6.61. The lowest BCUT2D eigenvalue weighted by Crippen LogP contribution is -1.94. The van der Waals surface area contributed by atoms with Gasteiger partial charge in [-0.2, -0.15) is 0 Å². The third kappa shape index (κ3) is 4.70. The Balaban J connectivity index is 1.56. The first kappa shape index (κ1) is 22.1. The van der Waals surface area contributed by atoms with Crippen molar-refractivity contribution in [1.82, 2.24) is 4.98 Å². The fourth-order valence-electron chi connectivity index (χ4n) is 3.40. The molecule has 6 heteroatoms. The maximum absolute atomic E-state index is 10.4. The van der Waals surface area contributed by atoms with Crippen LogP contribution in [0.2, 0.25) is 0 Å². The Bertz CT molecular complexity index is 1260. The van der Waals surface area contributed by atoms with Gasteiger partial charge in [-0.15, -0.1) is 0 Å². The van der Waals surface area contributed by atoms with Crippen molar-refractivity contribution in [1.29, 1.82) is 0 Å². The number of benzene rings is 3. The first-order valence-electron chi connectivity index (χ1n) is 10.7. The maximum atomic E-state index is 10.4. The minimum absolute atomic E-state index is 0.0682. The molecule has 0 radical (unpaired) electrons. The molecule has 1 aromatic heterocycles. The molecule has 0 aliphatic heterocycles. The van der Waals surface area contributed by atoms with Crippen molar-refractivity contribution in [2.75, 3.05) is 6.61 Å². The molecule has 1 N–H and O–H groups in total. The molecule has 0 spiro atoms. The molecule has 32 heavy (non-hydrogen) atoms. The van der Waals surface area contributed by atoms with Crippen LogP contribution >= 0.6 is 15.9 Å². The van der Waals surface area contributed by atoms with E-state index in [2.05, 4.69) is 51.9 Å². The summed E-state index contributed by atoms with van der Waals surface area (Å²) in [5.74, 6) is 1.57. The van der Waals surface area contributed by atoms with E-state index in [0.717, 1.165) is 33.2 Å². The van der Waals surface area contributed by atoms with E-state index in [0.29, 0.717) is 29.7 Å². The average molecular weight is 493 g/mol. The highest BCUT2D eigenvalue weighted by Gasteiger charge is 2.12. The SMILES string of the molecule is CCOc1cc(Br)cc(C=Nc2ccc(-c3nc4cc(C(C)CC)ccc4o3)cc2)c1O. The summed E-state index contributed by atoms with van der Waals surface area (Å²) in [7, 11) is 0. The predicted molar refractivity (Wildman–Crippen MR) is 132 cm³/mol. The lowest BCUT2D eigenvalue weighted by atomic mass is 9.98. The number of hydrogen-bond acceptors (Lipinski definition) is 5. The van der Waals surface area contributed by atoms with Crippen molar-refractivity contribution < 1.29 is 14.3 Å². The lowest BCUT2D eigenvalue weighted by molar-refractivity contribution is 0.317. The number of aliphatic imine (C=N–C) groups is 1. The third-order valence-corrected chi connectivity index (χ3v) is 5.89. The molecule has 5 nitrogen and oxygen atoms in total. The molecule has 0 saturated heterocycles. The molecule has 0 aliphatic rings. The number of nitrogens with zero attached hydrogens (tertiary/aromatic N) is 2. The molecule has 0 saturated carbocycles. The number of oxazole rings is 1. The summed E-state index contributed by atoms with van der Waals surface area (Å²) >= 11 is 3.44. The molecule has 1 heterocycles. The van der Waals surface area contributed by atoms with Crippen LogP contribution < -0.4 is 4.74 Å². The van der Waals surface area contributed by atoms with E-state index in [1.807, 2.05) is 37.3 Å². The van der Waals surface area contributed by atoms with E-state index in [1.54, 1.807) is 18.3 Å². The summed E-state index contributed by atoms with van der Waals surface area (Å²) in [5, 5.41) is 10.4. The summed E-state index contributed by atoms with van der Waals surface area (Å²) in [6, 6.07) is 17.4. The van der Waals surface area contributed by atoms with Crippen molar-refractivity contribution in [2.45, 2.75) is 33.1 Å². The Morgan fingerprint density at radius 2 is 1.91 bits per heavy atom. The van der Waals surface area contributed by atoms with Crippen LogP contribution in [0, 0.1) is 0 Å². The average Bonchev–Trinajstić information content (AvgIpc) is 3.23. The van der Waals surface area contributed by atoms with Crippen LogP contribution in [0.5, 0.6) is 11.5 Å². The van der Waals surface area contributed by atoms with Gasteiger partial charge in [-0.05, 0) is 73.4 Å². The van der Waals surface area contributed by atoms with Gasteiger partial charge < -0.3 is 14.3 Å². The van der Waals surface area contributed by atoms with Gasteiger partial charge in [0.05, 0.1) is 12.3 Å². The largest absolute Gasteiger partial charge is 0.504 e. The second-order valence-corrected chi connectivity index (χ2v) is 8.55. The number of fused-ring (bicyclic) bond motifs is 1. The molecule has 0 aliphatic carbocycles. The van der Waals surface area contributed by atoms with Crippen molar-refractivity contribution in [2.24, 2.45) is 4.99 Å². The van der Waals surface area contributed by atoms with Gasteiger partial charge in [-0.3, -0.25) is 4.99 Å². The minimum Gasteiger partial charge on any atom is -0.504 e. The van der Waals surface area contributed by atoms with Gasteiger partial charge in [0, 0.05) is 21.8 Å².